The monoisotopic (exact) mass is 399 g/mol. The van der Waals surface area contributed by atoms with E-state index in [2.05, 4.69) is 23.5 Å². The highest BCUT2D eigenvalue weighted by molar-refractivity contribution is 8.00. The van der Waals surface area contributed by atoms with Crippen molar-refractivity contribution in [1.29, 1.82) is 5.26 Å². The van der Waals surface area contributed by atoms with Crippen molar-refractivity contribution in [3.05, 3.63) is 77.4 Å². The largest absolute Gasteiger partial charge is 0.325 e. The molecule has 5 heteroatoms. The van der Waals surface area contributed by atoms with Gasteiger partial charge in [-0.25, -0.2) is 4.98 Å². The number of thioether (sulfide) groups is 1. The van der Waals surface area contributed by atoms with Gasteiger partial charge in [0.1, 0.15) is 11.1 Å². The van der Waals surface area contributed by atoms with Crippen LogP contribution in [0.25, 0.3) is 11.3 Å². The second-order valence-electron chi connectivity index (χ2n) is 6.99. The molecule has 0 atom stereocenters. The van der Waals surface area contributed by atoms with Crippen LogP contribution in [0.3, 0.4) is 0 Å². The van der Waals surface area contributed by atoms with Gasteiger partial charge in [-0.3, -0.25) is 4.79 Å². The average Bonchev–Trinajstić information content (AvgIpc) is 2.78. The van der Waals surface area contributed by atoms with Crippen LogP contribution < -0.4 is 5.32 Å². The van der Waals surface area contributed by atoms with Gasteiger partial charge in [-0.2, -0.15) is 5.26 Å². The standard InChI is InChI=1S/C24H21N3OS/c25-15-21-19-13-7-8-14-20(19)23(17-9-3-1-4-10-17)27-24(21)29-16-22(28)26-18-11-5-2-6-12-18/h1-6,9-12H,7-8,13-14,16H2,(H,26,28). The summed E-state index contributed by atoms with van der Waals surface area (Å²) in [7, 11) is 0. The molecule has 1 N–H and O–H groups in total. The highest BCUT2D eigenvalue weighted by Gasteiger charge is 2.23. The molecule has 0 radical (unpaired) electrons. The van der Waals surface area contributed by atoms with Crippen LogP contribution in [0, 0.1) is 11.3 Å². The third-order valence-corrected chi connectivity index (χ3v) is 6.01. The average molecular weight is 400 g/mol. The van der Waals surface area contributed by atoms with Gasteiger partial charge in [0.2, 0.25) is 5.91 Å². The van der Waals surface area contributed by atoms with Crippen molar-refractivity contribution in [3.63, 3.8) is 0 Å². The number of carbonyl (C=O) groups excluding carboxylic acids is 1. The molecule has 29 heavy (non-hydrogen) atoms. The van der Waals surface area contributed by atoms with E-state index in [0.717, 1.165) is 48.2 Å². The zero-order chi connectivity index (χ0) is 20.1. The Morgan fingerprint density at radius 2 is 1.66 bits per heavy atom. The zero-order valence-corrected chi connectivity index (χ0v) is 16.8. The van der Waals surface area contributed by atoms with Gasteiger partial charge in [0, 0.05) is 11.3 Å². The van der Waals surface area contributed by atoms with Crippen LogP contribution in [0.4, 0.5) is 5.69 Å². The Bertz CT molecular complexity index is 1060. The summed E-state index contributed by atoms with van der Waals surface area (Å²) in [4.78, 5) is 17.3. The Morgan fingerprint density at radius 3 is 2.34 bits per heavy atom. The summed E-state index contributed by atoms with van der Waals surface area (Å²) in [5.74, 6) is 0.106. The van der Waals surface area contributed by atoms with Crippen molar-refractivity contribution in [2.45, 2.75) is 30.7 Å². The Balaban J connectivity index is 1.64. The summed E-state index contributed by atoms with van der Waals surface area (Å²) in [6.07, 6.45) is 4.04. The molecule has 0 saturated carbocycles. The van der Waals surface area contributed by atoms with E-state index in [1.54, 1.807) is 0 Å². The van der Waals surface area contributed by atoms with E-state index >= 15 is 0 Å². The van der Waals surface area contributed by atoms with E-state index in [0.29, 0.717) is 10.6 Å². The molecule has 1 aliphatic carbocycles. The Morgan fingerprint density at radius 1 is 1.00 bits per heavy atom. The molecule has 4 nitrogen and oxygen atoms in total. The second kappa shape index (κ2) is 8.93. The fraction of sp³-hybridized carbons (Fsp3) is 0.208. The molecule has 3 aromatic rings. The summed E-state index contributed by atoms with van der Waals surface area (Å²) < 4.78 is 0. The van der Waals surface area contributed by atoms with Crippen molar-refractivity contribution in [1.82, 2.24) is 4.98 Å². The third kappa shape index (κ3) is 4.33. The van der Waals surface area contributed by atoms with Crippen molar-refractivity contribution >= 4 is 23.4 Å². The third-order valence-electron chi connectivity index (χ3n) is 5.04. The lowest BCUT2D eigenvalue weighted by Crippen LogP contribution is -2.15. The van der Waals surface area contributed by atoms with Crippen LogP contribution >= 0.6 is 11.8 Å². The predicted molar refractivity (Wildman–Crippen MR) is 117 cm³/mol. The number of amides is 1. The highest BCUT2D eigenvalue weighted by atomic mass is 32.2. The number of hydrogen-bond donors (Lipinski definition) is 1. The van der Waals surface area contributed by atoms with Crippen LogP contribution in [0.2, 0.25) is 0 Å². The minimum absolute atomic E-state index is 0.106. The van der Waals surface area contributed by atoms with E-state index in [1.165, 1.54) is 17.3 Å². The van der Waals surface area contributed by atoms with Gasteiger partial charge in [0.15, 0.2) is 0 Å². The maximum Gasteiger partial charge on any atom is 0.234 e. The van der Waals surface area contributed by atoms with Gasteiger partial charge >= 0.3 is 0 Å². The number of nitriles is 1. The summed E-state index contributed by atoms with van der Waals surface area (Å²) in [6.45, 7) is 0. The van der Waals surface area contributed by atoms with Crippen LogP contribution in [0.5, 0.6) is 0 Å². The molecule has 2 aromatic carbocycles. The van der Waals surface area contributed by atoms with Crippen LogP contribution in [-0.2, 0) is 17.6 Å². The van der Waals surface area contributed by atoms with Gasteiger partial charge < -0.3 is 5.32 Å². The molecular weight excluding hydrogens is 378 g/mol. The molecule has 1 aromatic heterocycles. The summed E-state index contributed by atoms with van der Waals surface area (Å²) in [5, 5.41) is 13.4. The fourth-order valence-electron chi connectivity index (χ4n) is 3.70. The number of nitrogens with one attached hydrogen (secondary N) is 1. The molecule has 0 saturated heterocycles. The van der Waals surface area contributed by atoms with E-state index < -0.39 is 0 Å². The number of benzene rings is 2. The van der Waals surface area contributed by atoms with Gasteiger partial charge in [-0.1, -0.05) is 60.3 Å². The van der Waals surface area contributed by atoms with Gasteiger partial charge in [-0.15, -0.1) is 0 Å². The second-order valence-corrected chi connectivity index (χ2v) is 7.95. The SMILES string of the molecule is N#Cc1c(SCC(=O)Nc2ccccc2)nc(-c2ccccc2)c2c1CCCC2. The van der Waals surface area contributed by atoms with Crippen molar-refractivity contribution in [3.8, 4) is 17.3 Å². The van der Waals surface area contributed by atoms with E-state index in [4.69, 9.17) is 4.98 Å². The number of anilines is 1. The van der Waals surface area contributed by atoms with Crippen molar-refractivity contribution in [2.24, 2.45) is 0 Å². The zero-order valence-electron chi connectivity index (χ0n) is 16.0. The maximum atomic E-state index is 12.4. The minimum Gasteiger partial charge on any atom is -0.325 e. The highest BCUT2D eigenvalue weighted by Crippen LogP contribution is 2.36. The number of rotatable bonds is 5. The lowest BCUT2D eigenvalue weighted by Gasteiger charge is -2.22. The lowest BCUT2D eigenvalue weighted by molar-refractivity contribution is -0.113. The topological polar surface area (TPSA) is 65.8 Å². The fourth-order valence-corrected chi connectivity index (χ4v) is 4.51. The molecule has 144 valence electrons. The molecule has 1 amide bonds. The normalized spacial score (nSPS) is 12.7. The lowest BCUT2D eigenvalue weighted by atomic mass is 9.86. The van der Waals surface area contributed by atoms with Crippen LogP contribution in [0.15, 0.2) is 65.7 Å². The summed E-state index contributed by atoms with van der Waals surface area (Å²) >= 11 is 1.33. The molecule has 0 unspecified atom stereocenters. The predicted octanol–water partition coefficient (Wildman–Crippen LogP) is 5.23. The minimum atomic E-state index is -0.106. The molecule has 1 aliphatic rings. The van der Waals surface area contributed by atoms with Gasteiger partial charge in [-0.05, 0) is 48.9 Å². The Labute approximate surface area is 175 Å². The number of nitrogens with zero attached hydrogens (tertiary/aromatic N) is 2. The summed E-state index contributed by atoms with van der Waals surface area (Å²) in [6, 6.07) is 21.9. The smallest absolute Gasteiger partial charge is 0.234 e. The van der Waals surface area contributed by atoms with Crippen LogP contribution in [0.1, 0.15) is 29.5 Å². The molecule has 1 heterocycles. The number of para-hydroxylation sites is 1. The first kappa shape index (κ1) is 19.2. The molecule has 4 rings (SSSR count). The molecule has 0 aliphatic heterocycles. The number of hydrogen-bond acceptors (Lipinski definition) is 4. The number of carbonyl (C=O) groups is 1. The van der Waals surface area contributed by atoms with Crippen molar-refractivity contribution in [2.75, 3.05) is 11.1 Å². The maximum absolute atomic E-state index is 12.4. The first-order valence-corrected chi connectivity index (χ1v) is 10.7. The van der Waals surface area contributed by atoms with Gasteiger partial charge in [0.05, 0.1) is 17.0 Å². The van der Waals surface area contributed by atoms with Crippen molar-refractivity contribution < 1.29 is 4.79 Å². The molecule has 0 spiro atoms. The Kier molecular flexibility index (Phi) is 5.92. The van der Waals surface area contributed by atoms with E-state index in [9.17, 15) is 10.1 Å². The van der Waals surface area contributed by atoms with Gasteiger partial charge in [0.25, 0.3) is 0 Å². The van der Waals surface area contributed by atoms with E-state index in [1.807, 2.05) is 48.5 Å². The van der Waals surface area contributed by atoms with Crippen LogP contribution in [-0.4, -0.2) is 16.6 Å². The summed E-state index contributed by atoms with van der Waals surface area (Å²) in [5.41, 5.74) is 5.71. The van der Waals surface area contributed by atoms with E-state index in [-0.39, 0.29) is 11.7 Å². The number of pyridine rings is 1. The molecule has 0 fully saturated rings. The Hall–Kier alpha value is -3.10. The number of aromatic nitrogens is 1. The quantitative estimate of drug-likeness (QED) is 0.597. The molecule has 0 bridgehead atoms. The first-order chi connectivity index (χ1) is 14.3. The molecular formula is C24H21N3OS. The number of fused-ring (bicyclic) bond motifs is 1. The first-order valence-electron chi connectivity index (χ1n) is 9.75.